The van der Waals surface area contributed by atoms with Gasteiger partial charge in [-0.25, -0.2) is 4.98 Å². The summed E-state index contributed by atoms with van der Waals surface area (Å²) in [6, 6.07) is 8.56. The first-order valence-electron chi connectivity index (χ1n) is 6.91. The Labute approximate surface area is 125 Å². The van der Waals surface area contributed by atoms with E-state index in [0.29, 0.717) is 40.4 Å². The number of carbonyl (C=O) groups excluding carboxylic acids is 2. The zero-order valence-corrected chi connectivity index (χ0v) is 11.7. The van der Waals surface area contributed by atoms with Gasteiger partial charge in [0.25, 0.3) is 11.8 Å². The van der Waals surface area contributed by atoms with Gasteiger partial charge in [0.05, 0.1) is 11.1 Å². The highest BCUT2D eigenvalue weighted by Gasteiger charge is 2.34. The fourth-order valence-electron chi connectivity index (χ4n) is 2.60. The molecule has 0 bridgehead atoms. The first kappa shape index (κ1) is 12.7. The molecule has 6 heteroatoms. The molecule has 3 aromatic rings. The fourth-order valence-corrected chi connectivity index (χ4v) is 2.60. The fraction of sp³-hybridized carbons (Fsp3) is 0.125. The minimum atomic E-state index is -0.279. The highest BCUT2D eigenvalue weighted by atomic mass is 16.3. The average Bonchev–Trinajstić information content (AvgIpc) is 3.07. The molecule has 1 aliphatic rings. The van der Waals surface area contributed by atoms with Crippen LogP contribution in [0.3, 0.4) is 0 Å². The number of nitrogens with zero attached hydrogens (tertiary/aromatic N) is 3. The first-order chi connectivity index (χ1) is 10.7. The van der Waals surface area contributed by atoms with E-state index in [9.17, 15) is 9.59 Å². The van der Waals surface area contributed by atoms with Crippen LogP contribution < -0.4 is 0 Å². The minimum Gasteiger partial charge on any atom is -0.434 e. The second kappa shape index (κ2) is 4.49. The molecule has 0 atom stereocenters. The van der Waals surface area contributed by atoms with Gasteiger partial charge in [0.2, 0.25) is 5.89 Å². The summed E-state index contributed by atoms with van der Waals surface area (Å²) in [7, 11) is 0. The Morgan fingerprint density at radius 1 is 1.14 bits per heavy atom. The molecule has 108 valence electrons. The predicted octanol–water partition coefficient (Wildman–Crippen LogP) is 2.51. The molecule has 2 amide bonds. The number of pyridine rings is 1. The molecule has 0 fully saturated rings. The molecule has 1 aromatic carbocycles. The molecule has 0 N–H and O–H groups in total. The molecule has 0 radical (unpaired) electrons. The van der Waals surface area contributed by atoms with Gasteiger partial charge in [-0.05, 0) is 37.3 Å². The van der Waals surface area contributed by atoms with Crippen LogP contribution in [0, 0.1) is 0 Å². The number of hydrogen-bond acceptors (Lipinski definition) is 5. The Hall–Kier alpha value is -3.02. The predicted molar refractivity (Wildman–Crippen MR) is 78.3 cm³/mol. The van der Waals surface area contributed by atoms with Crippen LogP contribution in [-0.4, -0.2) is 33.2 Å². The van der Waals surface area contributed by atoms with E-state index in [-0.39, 0.29) is 11.8 Å². The molecular weight excluding hydrogens is 282 g/mol. The third-order valence-corrected chi connectivity index (χ3v) is 3.70. The highest BCUT2D eigenvalue weighted by molar-refractivity contribution is 6.21. The molecule has 1 aliphatic heterocycles. The zero-order valence-electron chi connectivity index (χ0n) is 11.7. The van der Waals surface area contributed by atoms with Crippen LogP contribution >= 0.6 is 0 Å². The number of benzene rings is 1. The van der Waals surface area contributed by atoms with Crippen molar-refractivity contribution in [3.05, 3.63) is 47.7 Å². The Morgan fingerprint density at radius 2 is 1.95 bits per heavy atom. The number of oxazole rings is 1. The molecule has 0 saturated carbocycles. The van der Waals surface area contributed by atoms with E-state index in [1.165, 1.54) is 4.90 Å². The Kier molecular flexibility index (Phi) is 2.59. The smallest absolute Gasteiger partial charge is 0.261 e. The molecule has 2 aromatic heterocycles. The lowest BCUT2D eigenvalue weighted by Gasteiger charge is -2.08. The van der Waals surface area contributed by atoms with Gasteiger partial charge in [-0.15, -0.1) is 0 Å². The molecule has 22 heavy (non-hydrogen) atoms. The van der Waals surface area contributed by atoms with Crippen molar-refractivity contribution in [3.8, 4) is 11.5 Å². The van der Waals surface area contributed by atoms with Crippen LogP contribution in [0.15, 0.2) is 40.9 Å². The van der Waals surface area contributed by atoms with E-state index in [4.69, 9.17) is 4.42 Å². The van der Waals surface area contributed by atoms with Gasteiger partial charge in [0, 0.05) is 18.3 Å². The zero-order chi connectivity index (χ0) is 15.3. The van der Waals surface area contributed by atoms with Crippen LogP contribution in [0.2, 0.25) is 0 Å². The minimum absolute atomic E-state index is 0.256. The molecule has 0 unspecified atom stereocenters. The standard InChI is InChI=1S/C16H11N3O3/c1-2-19-15(20)10-6-5-9(8-11(10)16(19)21)14-18-13-12(22-14)4-3-7-17-13/h3-8H,2H2,1H3. The lowest BCUT2D eigenvalue weighted by Crippen LogP contribution is -2.29. The summed E-state index contributed by atoms with van der Waals surface area (Å²) in [5.74, 6) is -0.154. The maximum absolute atomic E-state index is 12.2. The van der Waals surface area contributed by atoms with Gasteiger partial charge < -0.3 is 4.42 Å². The van der Waals surface area contributed by atoms with E-state index in [2.05, 4.69) is 9.97 Å². The van der Waals surface area contributed by atoms with Gasteiger partial charge in [0.1, 0.15) is 0 Å². The molecular formula is C16H11N3O3. The number of amides is 2. The largest absolute Gasteiger partial charge is 0.434 e. The highest BCUT2D eigenvalue weighted by Crippen LogP contribution is 2.29. The van der Waals surface area contributed by atoms with Crippen molar-refractivity contribution >= 4 is 23.0 Å². The van der Waals surface area contributed by atoms with Gasteiger partial charge in [-0.1, -0.05) is 0 Å². The van der Waals surface area contributed by atoms with Crippen molar-refractivity contribution in [2.75, 3.05) is 6.54 Å². The van der Waals surface area contributed by atoms with Crippen LogP contribution in [0.1, 0.15) is 27.6 Å². The normalized spacial score (nSPS) is 14.0. The number of imide groups is 1. The number of rotatable bonds is 2. The van der Waals surface area contributed by atoms with Gasteiger partial charge in [-0.3, -0.25) is 14.5 Å². The third-order valence-electron chi connectivity index (χ3n) is 3.70. The lowest BCUT2D eigenvalue weighted by molar-refractivity contribution is 0.0663. The molecule has 4 rings (SSSR count). The van der Waals surface area contributed by atoms with Crippen LogP contribution in [0.4, 0.5) is 0 Å². The maximum atomic E-state index is 12.2. The molecule has 3 heterocycles. The summed E-state index contributed by atoms with van der Waals surface area (Å²) in [5.41, 5.74) is 2.55. The molecule has 6 nitrogen and oxygen atoms in total. The summed E-state index contributed by atoms with van der Waals surface area (Å²) >= 11 is 0. The monoisotopic (exact) mass is 293 g/mol. The van der Waals surface area contributed by atoms with Crippen LogP contribution in [0.5, 0.6) is 0 Å². The lowest BCUT2D eigenvalue weighted by atomic mass is 10.1. The van der Waals surface area contributed by atoms with E-state index in [1.807, 2.05) is 0 Å². The first-order valence-corrected chi connectivity index (χ1v) is 6.91. The SMILES string of the molecule is CCN1C(=O)c2ccc(-c3nc4ncccc4o3)cc2C1=O. The van der Waals surface area contributed by atoms with Gasteiger partial charge in [-0.2, -0.15) is 4.98 Å². The molecule has 0 aliphatic carbocycles. The third kappa shape index (κ3) is 1.67. The Morgan fingerprint density at radius 3 is 2.73 bits per heavy atom. The van der Waals surface area contributed by atoms with Crippen LogP contribution in [-0.2, 0) is 0 Å². The summed E-state index contributed by atoms with van der Waals surface area (Å²) < 4.78 is 5.65. The molecule has 0 saturated heterocycles. The summed E-state index contributed by atoms with van der Waals surface area (Å²) in [4.78, 5) is 34.0. The summed E-state index contributed by atoms with van der Waals surface area (Å²) in [6.07, 6.45) is 1.64. The second-order valence-electron chi connectivity index (χ2n) is 4.96. The Bertz CT molecular complexity index is 896. The van der Waals surface area contributed by atoms with Crippen molar-refractivity contribution in [3.63, 3.8) is 0 Å². The van der Waals surface area contributed by atoms with Crippen molar-refractivity contribution in [1.29, 1.82) is 0 Å². The van der Waals surface area contributed by atoms with E-state index >= 15 is 0 Å². The van der Waals surface area contributed by atoms with Crippen molar-refractivity contribution in [2.24, 2.45) is 0 Å². The van der Waals surface area contributed by atoms with Crippen LogP contribution in [0.25, 0.3) is 22.7 Å². The summed E-state index contributed by atoms with van der Waals surface area (Å²) in [5, 5.41) is 0. The van der Waals surface area contributed by atoms with E-state index in [0.717, 1.165) is 0 Å². The van der Waals surface area contributed by atoms with Gasteiger partial charge in [0.15, 0.2) is 11.2 Å². The summed E-state index contributed by atoms with van der Waals surface area (Å²) in [6.45, 7) is 2.13. The van der Waals surface area contributed by atoms with Crippen molar-refractivity contribution in [2.45, 2.75) is 6.92 Å². The topological polar surface area (TPSA) is 76.3 Å². The number of aromatic nitrogens is 2. The van der Waals surface area contributed by atoms with E-state index < -0.39 is 0 Å². The Balaban J connectivity index is 1.84. The van der Waals surface area contributed by atoms with Crippen molar-refractivity contribution in [1.82, 2.24) is 14.9 Å². The second-order valence-corrected chi connectivity index (χ2v) is 4.96. The number of fused-ring (bicyclic) bond motifs is 2. The van der Waals surface area contributed by atoms with Gasteiger partial charge >= 0.3 is 0 Å². The van der Waals surface area contributed by atoms with E-state index in [1.54, 1.807) is 43.5 Å². The number of hydrogen-bond donors (Lipinski definition) is 0. The molecule has 0 spiro atoms. The van der Waals surface area contributed by atoms with Crippen molar-refractivity contribution < 1.29 is 14.0 Å². The number of carbonyl (C=O) groups is 2. The maximum Gasteiger partial charge on any atom is 0.261 e. The average molecular weight is 293 g/mol. The quantitative estimate of drug-likeness (QED) is 0.678.